The Kier molecular flexibility index (Phi) is 2.53. The second-order valence-corrected chi connectivity index (χ2v) is 1.80. The van der Waals surface area contributed by atoms with E-state index in [-0.39, 0.29) is 0 Å². The van der Waals surface area contributed by atoms with Crippen molar-refractivity contribution in [1.82, 2.24) is 0 Å². The van der Waals surface area contributed by atoms with Gasteiger partial charge in [-0.2, -0.15) is 0 Å². The van der Waals surface area contributed by atoms with Crippen molar-refractivity contribution in [3.8, 4) is 0 Å². The standard InChI is InChI=1S/C2H9B3/c1-4-5(2)3/h4H,3H2,1-2H3. The van der Waals surface area contributed by atoms with E-state index in [0.29, 0.717) is 0 Å². The summed E-state index contributed by atoms with van der Waals surface area (Å²) in [4.78, 5) is 0. The first-order valence-corrected chi connectivity index (χ1v) is 2.27. The van der Waals surface area contributed by atoms with Gasteiger partial charge in [-0.15, -0.1) is 0 Å². The maximum Gasteiger partial charge on any atom is 0.0781 e. The third kappa shape index (κ3) is 4.19. The summed E-state index contributed by atoms with van der Waals surface area (Å²) in [5, 5.41) is 0. The average molecular weight is 65.5 g/mol. The van der Waals surface area contributed by atoms with Crippen molar-refractivity contribution in [1.29, 1.82) is 0 Å². The summed E-state index contributed by atoms with van der Waals surface area (Å²) in [5.74, 6) is 0. The zero-order valence-electron chi connectivity index (χ0n) is 4.28. The predicted molar refractivity (Wildman–Crippen MR) is 33.2 cm³/mol. The summed E-state index contributed by atoms with van der Waals surface area (Å²) in [6, 6.07) is 0. The van der Waals surface area contributed by atoms with Gasteiger partial charge in [0.25, 0.3) is 0 Å². The molecule has 0 aliphatic rings. The van der Waals surface area contributed by atoms with Gasteiger partial charge in [0.2, 0.25) is 0 Å². The van der Waals surface area contributed by atoms with E-state index < -0.39 is 0 Å². The second kappa shape index (κ2) is 2.43. The third-order valence-corrected chi connectivity index (χ3v) is 0.816. The maximum atomic E-state index is 2.22. The van der Waals surface area contributed by atoms with Gasteiger partial charge in [0.1, 0.15) is 0 Å². The number of hydrogen-bond acceptors (Lipinski definition) is 0. The minimum absolute atomic E-state index is 0.884. The molecule has 0 aromatic rings. The van der Waals surface area contributed by atoms with Crippen molar-refractivity contribution in [3.05, 3.63) is 0 Å². The van der Waals surface area contributed by atoms with Gasteiger partial charge in [-0.25, -0.2) is 0 Å². The van der Waals surface area contributed by atoms with Crippen molar-refractivity contribution in [3.63, 3.8) is 0 Å². The molecule has 0 aliphatic heterocycles. The van der Waals surface area contributed by atoms with Crippen LogP contribution >= 0.6 is 0 Å². The van der Waals surface area contributed by atoms with E-state index >= 15 is 0 Å². The van der Waals surface area contributed by atoms with Gasteiger partial charge in [0, 0.05) is 0 Å². The Balaban J connectivity index is 2.54. The maximum absolute atomic E-state index is 2.22. The van der Waals surface area contributed by atoms with Gasteiger partial charge in [-0.1, -0.05) is 13.6 Å². The first kappa shape index (κ1) is 5.19. The molecule has 0 bridgehead atoms. The van der Waals surface area contributed by atoms with Gasteiger partial charge in [-0.05, 0) is 0 Å². The van der Waals surface area contributed by atoms with Crippen LogP contribution in [-0.4, -0.2) is 21.4 Å². The van der Waals surface area contributed by atoms with Gasteiger partial charge < -0.3 is 0 Å². The fraction of sp³-hybridized carbons (Fsp3) is 1.00. The Labute approximate surface area is 36.0 Å². The Hall–Kier alpha value is 0.195. The highest BCUT2D eigenvalue weighted by atomic mass is 13.0. The SMILES string of the molecule is BB(C)BC. The van der Waals surface area contributed by atoms with Crippen LogP contribution in [0.4, 0.5) is 0 Å². The average Bonchev–Trinajstić information content (AvgIpc) is 1.38. The summed E-state index contributed by atoms with van der Waals surface area (Å²) < 4.78 is 0. The Bertz CT molecular complexity index is 18.9. The van der Waals surface area contributed by atoms with Gasteiger partial charge in [-0.3, -0.25) is 0 Å². The highest BCUT2D eigenvalue weighted by Crippen LogP contribution is 1.62. The lowest BCUT2D eigenvalue weighted by Crippen LogP contribution is -2.13. The van der Waals surface area contributed by atoms with Gasteiger partial charge >= 0.3 is 0 Å². The molecule has 5 heavy (non-hydrogen) atoms. The number of hydrogen-bond donors (Lipinski definition) is 0. The van der Waals surface area contributed by atoms with Crippen molar-refractivity contribution >= 4 is 21.4 Å². The first-order chi connectivity index (χ1) is 2.27. The van der Waals surface area contributed by atoms with Crippen LogP contribution in [0.5, 0.6) is 0 Å². The molecule has 0 saturated carbocycles. The molecule has 0 aromatic heterocycles. The fourth-order valence-electron chi connectivity index (χ4n) is 0. The van der Waals surface area contributed by atoms with Crippen LogP contribution in [0.2, 0.25) is 13.6 Å². The molecule has 0 radical (unpaired) electrons. The molecular weight excluding hydrogens is 56.5 g/mol. The summed E-state index contributed by atoms with van der Waals surface area (Å²) in [7, 11) is 3.53. The monoisotopic (exact) mass is 66.1 g/mol. The molecule has 0 unspecified atom stereocenters. The van der Waals surface area contributed by atoms with Crippen LogP contribution in [0, 0.1) is 0 Å². The van der Waals surface area contributed by atoms with Crippen LogP contribution in [0.1, 0.15) is 0 Å². The lowest BCUT2D eigenvalue weighted by molar-refractivity contribution is 2.26. The molecule has 0 heterocycles. The van der Waals surface area contributed by atoms with Crippen molar-refractivity contribution < 1.29 is 0 Å². The first-order valence-electron chi connectivity index (χ1n) is 2.27. The Morgan fingerprint density at radius 3 is 2.00 bits per heavy atom. The van der Waals surface area contributed by atoms with Gasteiger partial charge in [0.05, 0.1) is 21.4 Å². The minimum Gasteiger partial charge on any atom is -0.0996 e. The van der Waals surface area contributed by atoms with E-state index in [1.165, 1.54) is 7.17 Å². The molecule has 0 amide bonds. The molecule has 0 N–H and O–H groups in total. The van der Waals surface area contributed by atoms with Crippen LogP contribution in [0.15, 0.2) is 0 Å². The zero-order chi connectivity index (χ0) is 4.28. The molecule has 0 saturated heterocycles. The van der Waals surface area contributed by atoms with Crippen molar-refractivity contribution in [2.75, 3.05) is 0 Å². The molecule has 0 nitrogen and oxygen atoms in total. The second-order valence-electron chi connectivity index (χ2n) is 1.80. The summed E-state index contributed by atoms with van der Waals surface area (Å²) >= 11 is 0. The molecular formula is C2H9B3. The number of rotatable bonds is 1. The molecule has 26 valence electrons. The highest BCUT2D eigenvalue weighted by Gasteiger charge is 1.89. The summed E-state index contributed by atoms with van der Waals surface area (Å²) in [5.41, 5.74) is 0. The Morgan fingerprint density at radius 1 is 1.80 bits per heavy atom. The lowest BCUT2D eigenvalue weighted by atomic mass is 9.13. The van der Waals surface area contributed by atoms with E-state index in [0.717, 1.165) is 6.49 Å². The third-order valence-electron chi connectivity index (χ3n) is 0.816. The topological polar surface area (TPSA) is 0 Å². The fourth-order valence-corrected chi connectivity index (χ4v) is 0. The largest absolute Gasteiger partial charge is 0.0996 e. The zero-order valence-corrected chi connectivity index (χ0v) is 4.28. The molecule has 0 fully saturated rings. The van der Waals surface area contributed by atoms with E-state index in [1.54, 1.807) is 0 Å². The molecule has 0 aromatic carbocycles. The molecule has 0 spiro atoms. The minimum atomic E-state index is 0.884. The van der Waals surface area contributed by atoms with Crippen molar-refractivity contribution in [2.24, 2.45) is 0 Å². The summed E-state index contributed by atoms with van der Waals surface area (Å²) in [6.07, 6.45) is 0. The van der Waals surface area contributed by atoms with Crippen LogP contribution < -0.4 is 0 Å². The predicted octanol–water partition coefficient (Wildman–Crippen LogP) is -0.778. The lowest BCUT2D eigenvalue weighted by Gasteiger charge is -1.81. The van der Waals surface area contributed by atoms with E-state index in [9.17, 15) is 0 Å². The van der Waals surface area contributed by atoms with Crippen LogP contribution in [-0.2, 0) is 0 Å². The van der Waals surface area contributed by atoms with E-state index in [4.69, 9.17) is 0 Å². The highest BCUT2D eigenvalue weighted by molar-refractivity contribution is 7.34. The normalized spacial score (nSPS) is 6.80. The van der Waals surface area contributed by atoms with Crippen molar-refractivity contribution in [2.45, 2.75) is 13.6 Å². The molecule has 3 heteroatoms. The Morgan fingerprint density at radius 2 is 2.00 bits per heavy atom. The molecule has 0 atom stereocenters. The molecule has 0 rings (SSSR count). The quantitative estimate of drug-likeness (QED) is 0.352. The van der Waals surface area contributed by atoms with Gasteiger partial charge in [0.15, 0.2) is 0 Å². The summed E-state index contributed by atoms with van der Waals surface area (Å²) in [6.45, 7) is 5.31. The van der Waals surface area contributed by atoms with Crippen LogP contribution in [0.25, 0.3) is 0 Å². The smallest absolute Gasteiger partial charge is 0.0781 e. The van der Waals surface area contributed by atoms with E-state index in [1.807, 2.05) is 0 Å². The van der Waals surface area contributed by atoms with E-state index in [2.05, 4.69) is 21.4 Å². The molecule has 0 aliphatic carbocycles. The van der Waals surface area contributed by atoms with Crippen LogP contribution in [0.3, 0.4) is 0 Å².